The maximum Gasteiger partial charge on any atom is 0.187 e. The highest BCUT2D eigenvalue weighted by Crippen LogP contribution is 2.43. The minimum atomic E-state index is -1.60. The predicted molar refractivity (Wildman–Crippen MR) is 227 cm³/mol. The standard InChI is InChI=1S/C45H60N4O12/c1-8-24-19(3)28-13-30-21(5)26(11-10-12-58-44-42(56)40(54)38(52)34(16-50)60-44)36(48-30)23(7)37-27(18-59-45-43(57)41(55)39(53)35(17-51)61-45)22(6)31(49-37)15-33-25(9-2)20(4)29(47-33)14-32(24)46-28/h8,13-15,21,26,34-35,38-47,50-57H,1,9-12,16-18H2,2-7H3/t21-,26-,34+,35+,38+,39+,40-,41-,42+,43+,44+,45+/m0/s1. The molecule has 0 aliphatic carbocycles. The lowest BCUT2D eigenvalue weighted by atomic mass is 9.85. The van der Waals surface area contributed by atoms with E-state index in [9.17, 15) is 40.9 Å². The molecular weight excluding hydrogens is 789 g/mol. The molecular formula is C45H60N4O12. The summed E-state index contributed by atoms with van der Waals surface area (Å²) in [5.74, 6) is -0.213. The Morgan fingerprint density at radius 1 is 0.738 bits per heavy atom. The second-order valence-corrected chi connectivity index (χ2v) is 16.6. The molecule has 0 aromatic carbocycles. The van der Waals surface area contributed by atoms with Crippen LogP contribution in [0.5, 0.6) is 0 Å². The number of hydrogen-bond acceptors (Lipinski definition) is 14. The SMILES string of the molecule is C=Cc1c(C)c2cc3nc(c(C)c4nc(cc5[nH]c(cc1[nH]2)c(C)c5CC)C(C)=C4CO[C@@H]1O[C@H](CO)[C@@H](O)[C@H](O)[C@H]1O)[C@@H](CCCO[C@@H]1O[C@H](CO)[C@@H](O)[C@H](O)[C@H]1O)[C@@H]3C. The highest BCUT2D eigenvalue weighted by Gasteiger charge is 2.45. The molecule has 332 valence electrons. The molecule has 4 aliphatic heterocycles. The van der Waals surface area contributed by atoms with Crippen LogP contribution < -0.4 is 0 Å². The Morgan fingerprint density at radius 3 is 1.95 bits per heavy atom. The Hall–Kier alpha value is -3.88. The van der Waals surface area contributed by atoms with E-state index in [1.54, 1.807) is 0 Å². The van der Waals surface area contributed by atoms with Crippen molar-refractivity contribution in [2.75, 3.05) is 26.4 Å². The van der Waals surface area contributed by atoms with E-state index in [0.29, 0.717) is 29.8 Å². The van der Waals surface area contributed by atoms with Gasteiger partial charge in [-0.05, 0) is 93.0 Å². The summed E-state index contributed by atoms with van der Waals surface area (Å²) < 4.78 is 23.3. The number of allylic oxidation sites excluding steroid dienone is 1. The second-order valence-electron chi connectivity index (χ2n) is 16.6. The molecule has 12 atom stereocenters. The number of ether oxygens (including phenoxy) is 4. The Balaban J connectivity index is 1.34. The van der Waals surface area contributed by atoms with Gasteiger partial charge < -0.3 is 69.8 Å². The van der Waals surface area contributed by atoms with Gasteiger partial charge in [-0.25, -0.2) is 4.98 Å². The zero-order valence-electron chi connectivity index (χ0n) is 35.5. The van der Waals surface area contributed by atoms with Crippen LogP contribution in [0.3, 0.4) is 0 Å². The highest BCUT2D eigenvalue weighted by molar-refractivity contribution is 5.93. The zero-order valence-corrected chi connectivity index (χ0v) is 35.5. The van der Waals surface area contributed by atoms with Gasteiger partial charge in [-0.2, -0.15) is 0 Å². The summed E-state index contributed by atoms with van der Waals surface area (Å²) >= 11 is 0. The smallest absolute Gasteiger partial charge is 0.187 e. The average Bonchev–Trinajstić information content (AvgIpc) is 3.93. The molecule has 0 spiro atoms. The number of aromatic amines is 2. The van der Waals surface area contributed by atoms with Crippen LogP contribution >= 0.6 is 0 Å². The molecule has 0 amide bonds. The quantitative estimate of drug-likeness (QED) is 0.118. The van der Waals surface area contributed by atoms with E-state index in [2.05, 4.69) is 56.4 Å². The third-order valence-corrected chi connectivity index (χ3v) is 13.0. The molecule has 2 saturated heterocycles. The summed E-state index contributed by atoms with van der Waals surface area (Å²) in [6.07, 6.45) is -10.4. The number of aliphatic hydroxyl groups is 8. The number of hydrogen-bond donors (Lipinski definition) is 10. The molecule has 3 aromatic heterocycles. The maximum atomic E-state index is 10.8. The average molecular weight is 849 g/mol. The van der Waals surface area contributed by atoms with Crippen molar-refractivity contribution in [2.45, 2.75) is 134 Å². The summed E-state index contributed by atoms with van der Waals surface area (Å²) in [6, 6.07) is 6.20. The van der Waals surface area contributed by atoms with Crippen LogP contribution in [0.25, 0.3) is 39.3 Å². The van der Waals surface area contributed by atoms with Gasteiger partial charge in [0.1, 0.15) is 48.8 Å². The number of nitrogens with zero attached hydrogens (tertiary/aromatic N) is 2. The molecule has 16 heteroatoms. The van der Waals surface area contributed by atoms with Crippen LogP contribution in [-0.2, 0) is 25.4 Å². The van der Waals surface area contributed by atoms with E-state index in [-0.39, 0.29) is 25.0 Å². The third kappa shape index (κ3) is 8.37. The van der Waals surface area contributed by atoms with Crippen molar-refractivity contribution in [3.8, 4) is 0 Å². The first-order valence-electron chi connectivity index (χ1n) is 21.0. The molecule has 7 heterocycles. The van der Waals surface area contributed by atoms with Gasteiger partial charge in [0.05, 0.1) is 31.2 Å². The first-order valence-corrected chi connectivity index (χ1v) is 21.0. The lowest BCUT2D eigenvalue weighted by Crippen LogP contribution is -2.59. The van der Waals surface area contributed by atoms with Gasteiger partial charge in [0, 0.05) is 63.0 Å². The number of aromatic nitrogens is 4. The molecule has 7 rings (SSSR count). The van der Waals surface area contributed by atoms with E-state index >= 15 is 0 Å². The van der Waals surface area contributed by atoms with Crippen LogP contribution in [0.15, 0.2) is 24.8 Å². The van der Waals surface area contributed by atoms with Crippen LogP contribution in [0.4, 0.5) is 0 Å². The first-order chi connectivity index (χ1) is 29.1. The maximum absolute atomic E-state index is 10.8. The molecule has 3 aromatic rings. The topological polar surface area (TPSA) is 256 Å². The van der Waals surface area contributed by atoms with E-state index in [4.69, 9.17) is 28.9 Å². The Bertz CT molecular complexity index is 2300. The van der Waals surface area contributed by atoms with E-state index in [0.717, 1.165) is 73.3 Å². The largest absolute Gasteiger partial charge is 0.394 e. The molecule has 10 N–H and O–H groups in total. The van der Waals surface area contributed by atoms with Crippen LogP contribution in [0.1, 0.15) is 96.0 Å². The minimum Gasteiger partial charge on any atom is -0.394 e. The lowest BCUT2D eigenvalue weighted by Gasteiger charge is -2.39. The van der Waals surface area contributed by atoms with E-state index in [1.807, 2.05) is 26.0 Å². The lowest BCUT2D eigenvalue weighted by molar-refractivity contribution is -0.301. The number of nitrogens with one attached hydrogen (secondary N) is 2. The molecule has 0 saturated carbocycles. The molecule has 2 fully saturated rings. The van der Waals surface area contributed by atoms with Crippen molar-refractivity contribution in [3.05, 3.63) is 75.4 Å². The van der Waals surface area contributed by atoms with Crippen molar-refractivity contribution in [1.29, 1.82) is 0 Å². The Kier molecular flexibility index (Phi) is 13.7. The summed E-state index contributed by atoms with van der Waals surface area (Å²) in [7, 11) is 0. The van der Waals surface area contributed by atoms with Crippen molar-refractivity contribution in [1.82, 2.24) is 19.9 Å². The first kappa shape index (κ1) is 45.2. The number of aryl methyl sites for hydroxylation is 3. The summed E-state index contributed by atoms with van der Waals surface area (Å²) in [5, 5.41) is 82.3. The molecule has 0 radical (unpaired) electrons. The Morgan fingerprint density at radius 2 is 1.34 bits per heavy atom. The number of fused-ring (bicyclic) bond motifs is 8. The monoisotopic (exact) mass is 848 g/mol. The number of aliphatic hydroxyl groups excluding tert-OH is 8. The number of H-pyrrole nitrogens is 2. The summed E-state index contributed by atoms with van der Waals surface area (Å²) in [5.41, 5.74) is 13.1. The fourth-order valence-corrected chi connectivity index (χ4v) is 9.12. The molecule has 0 unspecified atom stereocenters. The van der Waals surface area contributed by atoms with Gasteiger partial charge in [0.15, 0.2) is 12.6 Å². The van der Waals surface area contributed by atoms with Crippen LogP contribution in [0.2, 0.25) is 0 Å². The molecule has 8 bridgehead atoms. The Labute approximate surface area is 354 Å². The fourth-order valence-electron chi connectivity index (χ4n) is 9.12. The minimum absolute atomic E-state index is 0.0778. The summed E-state index contributed by atoms with van der Waals surface area (Å²) in [6.45, 7) is 15.3. The highest BCUT2D eigenvalue weighted by atomic mass is 16.7. The van der Waals surface area contributed by atoms with Gasteiger partial charge in [0.25, 0.3) is 0 Å². The molecule has 4 aliphatic rings. The van der Waals surface area contributed by atoms with Crippen molar-refractivity contribution >= 4 is 39.3 Å². The molecule has 16 nitrogen and oxygen atoms in total. The van der Waals surface area contributed by atoms with Crippen molar-refractivity contribution < 1.29 is 59.8 Å². The summed E-state index contributed by atoms with van der Waals surface area (Å²) in [4.78, 5) is 17.8. The van der Waals surface area contributed by atoms with Gasteiger partial charge in [-0.1, -0.05) is 26.5 Å². The van der Waals surface area contributed by atoms with E-state index in [1.165, 1.54) is 0 Å². The van der Waals surface area contributed by atoms with Gasteiger partial charge in [-0.3, -0.25) is 4.98 Å². The van der Waals surface area contributed by atoms with Crippen molar-refractivity contribution in [3.63, 3.8) is 0 Å². The molecule has 61 heavy (non-hydrogen) atoms. The van der Waals surface area contributed by atoms with Crippen LogP contribution in [0, 0.1) is 20.8 Å². The normalized spacial score (nSPS) is 30.6. The second kappa shape index (κ2) is 18.5. The van der Waals surface area contributed by atoms with Crippen molar-refractivity contribution in [2.24, 2.45) is 0 Å². The van der Waals surface area contributed by atoms with Gasteiger partial charge in [0.2, 0.25) is 0 Å². The van der Waals surface area contributed by atoms with E-state index < -0.39 is 74.6 Å². The fraction of sp³-hybridized carbons (Fsp3) is 0.556. The van der Waals surface area contributed by atoms with Crippen LogP contribution in [-0.4, -0.2) is 149 Å². The third-order valence-electron chi connectivity index (χ3n) is 13.0. The van der Waals surface area contributed by atoms with Gasteiger partial charge >= 0.3 is 0 Å². The predicted octanol–water partition coefficient (Wildman–Crippen LogP) is 2.68. The number of rotatable bonds is 12. The zero-order chi connectivity index (χ0) is 44.0. The van der Waals surface area contributed by atoms with Gasteiger partial charge in [-0.15, -0.1) is 0 Å².